The van der Waals surface area contributed by atoms with Gasteiger partial charge in [-0.2, -0.15) is 0 Å². The van der Waals surface area contributed by atoms with Crippen LogP contribution in [0.3, 0.4) is 0 Å². The molecule has 1 aromatic carbocycles. The highest BCUT2D eigenvalue weighted by Crippen LogP contribution is 2.17. The van der Waals surface area contributed by atoms with Crippen LogP contribution < -0.4 is 11.3 Å². The summed E-state index contributed by atoms with van der Waals surface area (Å²) in [5.41, 5.74) is 5.17. The molecule has 1 unspecified atom stereocenters. The van der Waals surface area contributed by atoms with Crippen LogP contribution >= 0.6 is 0 Å². The molecular weight excluding hydrogens is 224 g/mol. The van der Waals surface area contributed by atoms with Crippen LogP contribution in [0.1, 0.15) is 26.7 Å². The van der Waals surface area contributed by atoms with Gasteiger partial charge >= 0.3 is 0 Å². The van der Waals surface area contributed by atoms with Crippen LogP contribution in [-0.2, 0) is 6.54 Å². The third-order valence-corrected chi connectivity index (χ3v) is 3.75. The van der Waals surface area contributed by atoms with Crippen LogP contribution in [0.15, 0.2) is 30.6 Å². The molecule has 0 spiro atoms. The number of nitrogens with one attached hydrogen (secondary N) is 1. The van der Waals surface area contributed by atoms with E-state index in [9.17, 15) is 0 Å². The summed E-state index contributed by atoms with van der Waals surface area (Å²) in [5, 5.41) is 0. The molecule has 3 N–H and O–H groups in total. The maximum absolute atomic E-state index is 5.70. The van der Waals surface area contributed by atoms with Gasteiger partial charge in [0.2, 0.25) is 0 Å². The van der Waals surface area contributed by atoms with Gasteiger partial charge in [0.15, 0.2) is 0 Å². The van der Waals surface area contributed by atoms with Gasteiger partial charge in [-0.25, -0.2) is 4.98 Å². The minimum atomic E-state index is 0.289. The Morgan fingerprint density at radius 2 is 2.00 bits per heavy atom. The van der Waals surface area contributed by atoms with Crippen molar-refractivity contribution in [1.82, 2.24) is 15.0 Å². The summed E-state index contributed by atoms with van der Waals surface area (Å²) in [6.07, 6.45) is 4.17. The van der Waals surface area contributed by atoms with Gasteiger partial charge in [-0.15, -0.1) is 0 Å². The second-order valence-electron chi connectivity index (χ2n) is 4.74. The number of hydrogen-bond donors (Lipinski definition) is 2. The van der Waals surface area contributed by atoms with Gasteiger partial charge in [-0.05, 0) is 18.1 Å². The molecule has 0 amide bonds. The minimum Gasteiger partial charge on any atom is -0.329 e. The Balaban J connectivity index is 2.21. The second kappa shape index (κ2) is 5.98. The molecule has 0 aliphatic heterocycles. The number of aromatic nitrogens is 2. The van der Waals surface area contributed by atoms with Crippen LogP contribution in [0.2, 0.25) is 0 Å². The van der Waals surface area contributed by atoms with Crippen LogP contribution in [0.25, 0.3) is 11.0 Å². The first-order valence-electron chi connectivity index (χ1n) is 6.66. The first-order chi connectivity index (χ1) is 8.80. The largest absolute Gasteiger partial charge is 0.329 e. The zero-order valence-corrected chi connectivity index (χ0v) is 11.1. The van der Waals surface area contributed by atoms with Crippen LogP contribution in [0.5, 0.6) is 0 Å². The minimum absolute atomic E-state index is 0.289. The lowest BCUT2D eigenvalue weighted by Crippen LogP contribution is -2.43. The SMILES string of the molecule is CCC(CC)C(Cn1cnc2ccccc21)NN. The van der Waals surface area contributed by atoms with Crippen molar-refractivity contribution in [3.05, 3.63) is 30.6 Å². The Labute approximate surface area is 108 Å². The highest BCUT2D eigenvalue weighted by molar-refractivity contribution is 5.74. The smallest absolute Gasteiger partial charge is 0.0958 e. The highest BCUT2D eigenvalue weighted by Gasteiger charge is 2.18. The van der Waals surface area contributed by atoms with Crippen molar-refractivity contribution in [2.75, 3.05) is 0 Å². The number of hydrazine groups is 1. The zero-order valence-electron chi connectivity index (χ0n) is 11.1. The lowest BCUT2D eigenvalue weighted by Gasteiger charge is -2.25. The molecule has 0 aliphatic carbocycles. The maximum Gasteiger partial charge on any atom is 0.0958 e. The van der Waals surface area contributed by atoms with Crippen LogP contribution in [0.4, 0.5) is 0 Å². The van der Waals surface area contributed by atoms with Crippen molar-refractivity contribution >= 4 is 11.0 Å². The fraction of sp³-hybridized carbons (Fsp3) is 0.500. The summed E-state index contributed by atoms with van der Waals surface area (Å²) in [7, 11) is 0. The molecule has 0 aliphatic rings. The number of nitrogens with zero attached hydrogens (tertiary/aromatic N) is 2. The number of nitrogens with two attached hydrogens (primary N) is 1. The van der Waals surface area contributed by atoms with E-state index in [1.165, 1.54) is 5.52 Å². The summed E-state index contributed by atoms with van der Waals surface area (Å²) >= 11 is 0. The predicted molar refractivity (Wildman–Crippen MR) is 74.9 cm³/mol. The number of hydrogen-bond acceptors (Lipinski definition) is 3. The fourth-order valence-electron chi connectivity index (χ4n) is 2.56. The monoisotopic (exact) mass is 246 g/mol. The maximum atomic E-state index is 5.70. The molecule has 0 saturated heterocycles. The fourth-order valence-corrected chi connectivity index (χ4v) is 2.56. The average Bonchev–Trinajstić information content (AvgIpc) is 2.82. The van der Waals surface area contributed by atoms with E-state index >= 15 is 0 Å². The van der Waals surface area contributed by atoms with E-state index in [1.54, 1.807) is 0 Å². The molecule has 4 heteroatoms. The molecule has 2 rings (SSSR count). The van der Waals surface area contributed by atoms with Crippen molar-refractivity contribution in [1.29, 1.82) is 0 Å². The summed E-state index contributed by atoms with van der Waals surface area (Å²) in [6, 6.07) is 8.48. The number of fused-ring (bicyclic) bond motifs is 1. The van der Waals surface area contributed by atoms with Gasteiger partial charge in [0.1, 0.15) is 0 Å². The molecule has 0 bridgehead atoms. The third kappa shape index (κ3) is 2.54. The molecule has 98 valence electrons. The van der Waals surface area contributed by atoms with E-state index in [-0.39, 0.29) is 6.04 Å². The van der Waals surface area contributed by atoms with Crippen molar-refractivity contribution in [3.8, 4) is 0 Å². The normalized spacial score (nSPS) is 13.3. The van der Waals surface area contributed by atoms with E-state index in [2.05, 4.69) is 34.9 Å². The second-order valence-corrected chi connectivity index (χ2v) is 4.74. The first kappa shape index (κ1) is 13.1. The molecule has 4 nitrogen and oxygen atoms in total. The molecule has 0 fully saturated rings. The summed E-state index contributed by atoms with van der Waals surface area (Å²) in [4.78, 5) is 4.41. The molecule has 2 aromatic rings. The van der Waals surface area contributed by atoms with Crippen molar-refractivity contribution in [2.45, 2.75) is 39.3 Å². The molecule has 1 heterocycles. The Bertz CT molecular complexity index is 487. The van der Waals surface area contributed by atoms with E-state index in [0.29, 0.717) is 5.92 Å². The third-order valence-electron chi connectivity index (χ3n) is 3.75. The van der Waals surface area contributed by atoms with Crippen molar-refractivity contribution in [2.24, 2.45) is 11.8 Å². The molecule has 18 heavy (non-hydrogen) atoms. The van der Waals surface area contributed by atoms with E-state index in [0.717, 1.165) is 24.9 Å². The lowest BCUT2D eigenvalue weighted by molar-refractivity contribution is 0.307. The first-order valence-corrected chi connectivity index (χ1v) is 6.66. The van der Waals surface area contributed by atoms with Gasteiger partial charge < -0.3 is 4.57 Å². The summed E-state index contributed by atoms with van der Waals surface area (Å²) < 4.78 is 2.18. The topological polar surface area (TPSA) is 55.9 Å². The molecule has 1 atom stereocenters. The standard InChI is InChI=1S/C14H22N4/c1-3-11(4-2)13(17-15)9-18-10-16-12-7-5-6-8-14(12)18/h5-8,10-11,13,17H,3-4,9,15H2,1-2H3. The Kier molecular flexibility index (Phi) is 4.33. The number of imidazole rings is 1. The van der Waals surface area contributed by atoms with E-state index in [1.807, 2.05) is 24.5 Å². The quantitative estimate of drug-likeness (QED) is 0.607. The number of rotatable bonds is 6. The molecule has 0 saturated carbocycles. The van der Waals surface area contributed by atoms with Gasteiger partial charge in [0, 0.05) is 12.6 Å². The average molecular weight is 246 g/mol. The van der Waals surface area contributed by atoms with Gasteiger partial charge in [0.05, 0.1) is 17.4 Å². The molecule has 1 aromatic heterocycles. The molecule has 0 radical (unpaired) electrons. The van der Waals surface area contributed by atoms with Gasteiger partial charge in [-0.3, -0.25) is 11.3 Å². The highest BCUT2D eigenvalue weighted by atomic mass is 15.3. The van der Waals surface area contributed by atoms with E-state index in [4.69, 9.17) is 5.84 Å². The Morgan fingerprint density at radius 1 is 1.28 bits per heavy atom. The Morgan fingerprint density at radius 3 is 2.67 bits per heavy atom. The summed E-state index contributed by atoms with van der Waals surface area (Å²) in [6.45, 7) is 5.29. The predicted octanol–water partition coefficient (Wildman–Crippen LogP) is 2.30. The van der Waals surface area contributed by atoms with Crippen LogP contribution in [0, 0.1) is 5.92 Å². The zero-order chi connectivity index (χ0) is 13.0. The Hall–Kier alpha value is -1.39. The number of benzene rings is 1. The molecular formula is C14H22N4. The van der Waals surface area contributed by atoms with Crippen molar-refractivity contribution < 1.29 is 0 Å². The lowest BCUT2D eigenvalue weighted by atomic mass is 9.94. The number of para-hydroxylation sites is 2. The van der Waals surface area contributed by atoms with E-state index < -0.39 is 0 Å². The van der Waals surface area contributed by atoms with Gasteiger partial charge in [-0.1, -0.05) is 38.8 Å². The van der Waals surface area contributed by atoms with Crippen molar-refractivity contribution in [3.63, 3.8) is 0 Å². The van der Waals surface area contributed by atoms with Gasteiger partial charge in [0.25, 0.3) is 0 Å². The van der Waals surface area contributed by atoms with Crippen LogP contribution in [-0.4, -0.2) is 15.6 Å². The summed E-state index contributed by atoms with van der Waals surface area (Å²) in [5.74, 6) is 6.30.